The number of aromatic nitrogens is 2. The zero-order valence-corrected chi connectivity index (χ0v) is 25.4. The van der Waals surface area contributed by atoms with Crippen LogP contribution in [0.25, 0.3) is 11.4 Å². The predicted molar refractivity (Wildman–Crippen MR) is 155 cm³/mol. The Bertz CT molecular complexity index is 1360. The quantitative estimate of drug-likeness (QED) is 0.589. The van der Waals surface area contributed by atoms with E-state index in [0.717, 1.165) is 25.9 Å². The molecule has 3 aliphatic rings. The molecule has 0 saturated carbocycles. The molecule has 1 aromatic carbocycles. The molecule has 1 unspecified atom stereocenters. The maximum atomic E-state index is 15.0. The zero-order chi connectivity index (χ0) is 29.7. The molecule has 1 aromatic heterocycles. The molecule has 2 saturated heterocycles. The van der Waals surface area contributed by atoms with Crippen LogP contribution in [0.3, 0.4) is 0 Å². The number of piperidine rings is 1. The summed E-state index contributed by atoms with van der Waals surface area (Å²) < 4.78 is 16.9. The van der Waals surface area contributed by atoms with Gasteiger partial charge in [-0.1, -0.05) is 32.4 Å². The van der Waals surface area contributed by atoms with E-state index in [-0.39, 0.29) is 28.5 Å². The average Bonchev–Trinajstić information content (AvgIpc) is 3.32. The monoisotopic (exact) mass is 586 g/mol. The van der Waals surface area contributed by atoms with Gasteiger partial charge in [0, 0.05) is 44.8 Å². The minimum absolute atomic E-state index is 0.164. The molecule has 11 heteroatoms. The molecule has 41 heavy (non-hydrogen) atoms. The topological polar surface area (TPSA) is 90.8 Å². The number of hydrogen-bond acceptors (Lipinski definition) is 5. The minimum atomic E-state index is -0.807. The number of nitrogens with one attached hydrogen (secondary N) is 1. The van der Waals surface area contributed by atoms with Crippen LogP contribution in [0.15, 0.2) is 18.2 Å². The number of carbonyl (C=O) groups excluding carboxylic acids is 3. The van der Waals surface area contributed by atoms with Crippen molar-refractivity contribution in [3.63, 3.8) is 0 Å². The highest BCUT2D eigenvalue weighted by molar-refractivity contribution is 6.30. The maximum absolute atomic E-state index is 15.0. The molecular formula is C30H40ClFN6O3. The third-order valence-electron chi connectivity index (χ3n) is 8.94. The first-order valence-corrected chi connectivity index (χ1v) is 14.8. The lowest BCUT2D eigenvalue weighted by molar-refractivity contribution is -0.144. The first-order valence-electron chi connectivity index (χ1n) is 14.4. The molecule has 0 aliphatic carbocycles. The summed E-state index contributed by atoms with van der Waals surface area (Å²) >= 11 is 6.20. The Morgan fingerprint density at radius 3 is 2.39 bits per heavy atom. The average molecular weight is 587 g/mol. The summed E-state index contributed by atoms with van der Waals surface area (Å²) in [6.45, 7) is 9.32. The highest BCUT2D eigenvalue weighted by Gasteiger charge is 2.48. The first kappa shape index (κ1) is 29.5. The molecule has 0 radical (unpaired) electrons. The fourth-order valence-electron chi connectivity index (χ4n) is 6.42. The van der Waals surface area contributed by atoms with Crippen LogP contribution in [0.1, 0.15) is 62.6 Å². The molecule has 5 rings (SSSR count). The number of carbonyl (C=O) groups is 3. The Morgan fingerprint density at radius 2 is 1.76 bits per heavy atom. The Kier molecular flexibility index (Phi) is 7.93. The summed E-state index contributed by atoms with van der Waals surface area (Å²) in [6.07, 6.45) is 2.89. The standard InChI is InChI=1S/C30H40ClFN6O3/c1-29(2,3)24(27(40)37-15-10-30(11-16-37)9-14-36(5)28(30)41)34-26(39)23-22-18-35(4)12-6-13-38(22)25(33-23)20-17-19(31)7-8-21(20)32/h7-8,17,24H,6,9-16,18H2,1-5H3,(H,34,39). The van der Waals surface area contributed by atoms with E-state index in [4.69, 9.17) is 11.6 Å². The Hall–Kier alpha value is -2.98. The Labute approximate surface area is 246 Å². The molecule has 222 valence electrons. The van der Waals surface area contributed by atoms with Crippen molar-refractivity contribution >= 4 is 29.3 Å². The van der Waals surface area contributed by atoms with Gasteiger partial charge in [-0.2, -0.15) is 0 Å². The Balaban J connectivity index is 1.42. The van der Waals surface area contributed by atoms with Gasteiger partial charge < -0.3 is 24.6 Å². The van der Waals surface area contributed by atoms with Gasteiger partial charge in [-0.05, 0) is 62.9 Å². The lowest BCUT2D eigenvalue weighted by Gasteiger charge is -2.41. The van der Waals surface area contributed by atoms with Crippen LogP contribution in [-0.2, 0) is 22.7 Å². The second kappa shape index (κ2) is 11.0. The van der Waals surface area contributed by atoms with E-state index in [1.165, 1.54) is 18.2 Å². The maximum Gasteiger partial charge on any atom is 0.272 e. The third kappa shape index (κ3) is 5.60. The molecule has 2 fully saturated rings. The molecule has 9 nitrogen and oxygen atoms in total. The summed E-state index contributed by atoms with van der Waals surface area (Å²) in [5, 5.41) is 3.38. The van der Waals surface area contributed by atoms with Gasteiger partial charge in [-0.25, -0.2) is 9.37 Å². The molecule has 1 spiro atoms. The fourth-order valence-corrected chi connectivity index (χ4v) is 6.59. The largest absolute Gasteiger partial charge is 0.345 e. The van der Waals surface area contributed by atoms with Gasteiger partial charge in [0.1, 0.15) is 17.7 Å². The molecule has 0 bridgehead atoms. The van der Waals surface area contributed by atoms with Crippen LogP contribution in [0.2, 0.25) is 5.02 Å². The van der Waals surface area contributed by atoms with E-state index in [2.05, 4.69) is 15.2 Å². The van der Waals surface area contributed by atoms with Crippen LogP contribution in [0.5, 0.6) is 0 Å². The minimum Gasteiger partial charge on any atom is -0.345 e. The predicted octanol–water partition coefficient (Wildman–Crippen LogP) is 3.79. The highest BCUT2D eigenvalue weighted by atomic mass is 35.5. The van der Waals surface area contributed by atoms with Crippen LogP contribution in [0, 0.1) is 16.6 Å². The number of benzene rings is 1. The van der Waals surface area contributed by atoms with E-state index >= 15 is 0 Å². The van der Waals surface area contributed by atoms with Gasteiger partial charge in [-0.15, -0.1) is 0 Å². The van der Waals surface area contributed by atoms with Crippen LogP contribution < -0.4 is 5.32 Å². The lowest BCUT2D eigenvalue weighted by atomic mass is 9.76. The van der Waals surface area contributed by atoms with E-state index < -0.39 is 23.2 Å². The molecular weight excluding hydrogens is 547 g/mol. The SMILES string of the molecule is CN1CCCn2c(-c3cc(Cl)ccc3F)nc(C(=O)NC(C(=O)N3CCC4(CCN(C)C4=O)CC3)C(C)(C)C)c2C1. The van der Waals surface area contributed by atoms with Crippen molar-refractivity contribution in [2.45, 2.75) is 65.6 Å². The van der Waals surface area contributed by atoms with Gasteiger partial charge in [0.05, 0.1) is 16.7 Å². The lowest BCUT2D eigenvalue weighted by Crippen LogP contribution is -2.57. The number of halogens is 2. The molecule has 1 N–H and O–H groups in total. The summed E-state index contributed by atoms with van der Waals surface area (Å²) in [7, 11) is 3.81. The van der Waals surface area contributed by atoms with E-state index in [0.29, 0.717) is 55.6 Å². The van der Waals surface area contributed by atoms with Gasteiger partial charge in [-0.3, -0.25) is 14.4 Å². The number of fused-ring (bicyclic) bond motifs is 1. The number of hydrogen-bond donors (Lipinski definition) is 1. The molecule has 2 aromatic rings. The van der Waals surface area contributed by atoms with Crippen molar-refractivity contribution < 1.29 is 18.8 Å². The zero-order valence-electron chi connectivity index (χ0n) is 24.6. The van der Waals surface area contributed by atoms with Crippen molar-refractivity contribution in [2.24, 2.45) is 10.8 Å². The van der Waals surface area contributed by atoms with Crippen LogP contribution >= 0.6 is 11.6 Å². The summed E-state index contributed by atoms with van der Waals surface area (Å²) in [5.41, 5.74) is 0.145. The van der Waals surface area contributed by atoms with Gasteiger partial charge in [0.2, 0.25) is 11.8 Å². The van der Waals surface area contributed by atoms with E-state index in [9.17, 15) is 18.8 Å². The summed E-state index contributed by atoms with van der Waals surface area (Å²) in [4.78, 5) is 50.9. The van der Waals surface area contributed by atoms with Gasteiger partial charge >= 0.3 is 0 Å². The summed E-state index contributed by atoms with van der Waals surface area (Å²) in [5.74, 6) is -0.575. The number of rotatable bonds is 4. The summed E-state index contributed by atoms with van der Waals surface area (Å²) in [6, 6.07) is 3.51. The van der Waals surface area contributed by atoms with E-state index in [1.807, 2.05) is 39.4 Å². The van der Waals surface area contributed by atoms with Crippen molar-refractivity contribution in [1.82, 2.24) is 29.6 Å². The second-order valence-corrected chi connectivity index (χ2v) is 13.4. The second-order valence-electron chi connectivity index (χ2n) is 13.0. The van der Waals surface area contributed by atoms with Crippen molar-refractivity contribution in [3.8, 4) is 11.4 Å². The molecule has 3 amide bonds. The van der Waals surface area contributed by atoms with Crippen molar-refractivity contribution in [3.05, 3.63) is 40.4 Å². The normalized spacial score (nSPS) is 20.2. The first-order chi connectivity index (χ1) is 19.3. The third-order valence-corrected chi connectivity index (χ3v) is 9.18. The number of amides is 3. The van der Waals surface area contributed by atoms with Crippen molar-refractivity contribution in [2.75, 3.05) is 40.3 Å². The fraction of sp³-hybridized carbons (Fsp3) is 0.600. The molecule has 3 aliphatic heterocycles. The number of imidazole rings is 1. The smallest absolute Gasteiger partial charge is 0.272 e. The van der Waals surface area contributed by atoms with Gasteiger partial charge in [0.15, 0.2) is 5.69 Å². The van der Waals surface area contributed by atoms with Crippen LogP contribution in [0.4, 0.5) is 4.39 Å². The number of nitrogens with zero attached hydrogens (tertiary/aromatic N) is 5. The molecule has 1 atom stereocenters. The van der Waals surface area contributed by atoms with Crippen LogP contribution in [-0.4, -0.2) is 88.3 Å². The molecule has 4 heterocycles. The van der Waals surface area contributed by atoms with Crippen molar-refractivity contribution in [1.29, 1.82) is 0 Å². The highest BCUT2D eigenvalue weighted by Crippen LogP contribution is 2.41. The Morgan fingerprint density at radius 1 is 1.07 bits per heavy atom. The number of likely N-dealkylation sites (tertiary alicyclic amines) is 2. The van der Waals surface area contributed by atoms with E-state index in [1.54, 1.807) is 9.80 Å². The van der Waals surface area contributed by atoms with Gasteiger partial charge in [0.25, 0.3) is 5.91 Å².